The quantitative estimate of drug-likeness (QED) is 0.550. The van der Waals surface area contributed by atoms with Crippen molar-refractivity contribution in [2.75, 3.05) is 6.61 Å². The second-order valence-corrected chi connectivity index (χ2v) is 8.14. The largest absolute Gasteiger partial charge is 0.480 e. The summed E-state index contributed by atoms with van der Waals surface area (Å²) in [6.45, 7) is 5.55. The fourth-order valence-corrected chi connectivity index (χ4v) is 4.07. The number of nitrogens with one attached hydrogen (secondary N) is 2. The van der Waals surface area contributed by atoms with E-state index in [1.807, 2.05) is 50.2 Å². The first-order valence-electron chi connectivity index (χ1n) is 11.0. The Balaban J connectivity index is 1.68. The Morgan fingerprint density at radius 3 is 2.00 bits per heavy atom. The minimum atomic E-state index is -1.11. The predicted molar refractivity (Wildman–Crippen MR) is 121 cm³/mol. The summed E-state index contributed by atoms with van der Waals surface area (Å²) in [4.78, 5) is 36.6. The first-order valence-corrected chi connectivity index (χ1v) is 11.0. The first kappa shape index (κ1) is 23.3. The molecule has 2 amide bonds. The Morgan fingerprint density at radius 1 is 0.938 bits per heavy atom. The summed E-state index contributed by atoms with van der Waals surface area (Å²) in [5, 5.41) is 14.4. The summed E-state index contributed by atoms with van der Waals surface area (Å²) in [6.07, 6.45) is 0.181. The molecule has 0 aliphatic heterocycles. The van der Waals surface area contributed by atoms with E-state index in [0.717, 1.165) is 22.3 Å². The van der Waals surface area contributed by atoms with Gasteiger partial charge in [0, 0.05) is 5.92 Å². The molecule has 0 saturated carbocycles. The lowest BCUT2D eigenvalue weighted by Crippen LogP contribution is -2.54. The van der Waals surface area contributed by atoms with E-state index in [1.165, 1.54) is 0 Å². The molecule has 1 aliphatic carbocycles. The molecule has 2 aromatic rings. The standard InChI is InChI=1S/C25H30N2O5/c1-4-15(3)22(23(28)26-21(5-2)24(29)30)27-25(31)32-14-20-18-12-8-6-10-16(18)17-11-7-9-13-19(17)20/h6-13,15,20-22H,4-5,14H2,1-3H3,(H,26,28)(H,27,31)(H,29,30). The second-order valence-electron chi connectivity index (χ2n) is 8.14. The van der Waals surface area contributed by atoms with Gasteiger partial charge < -0.3 is 20.5 Å². The van der Waals surface area contributed by atoms with Crippen LogP contribution in [0.1, 0.15) is 50.7 Å². The Kier molecular flexibility index (Phi) is 7.51. The van der Waals surface area contributed by atoms with Gasteiger partial charge in [-0.15, -0.1) is 0 Å². The lowest BCUT2D eigenvalue weighted by Gasteiger charge is -2.25. The molecule has 0 spiro atoms. The van der Waals surface area contributed by atoms with Gasteiger partial charge in [0.1, 0.15) is 18.7 Å². The number of carbonyl (C=O) groups excluding carboxylic acids is 2. The molecule has 0 bridgehead atoms. The number of alkyl carbamates (subject to hydrolysis) is 1. The van der Waals surface area contributed by atoms with Crippen LogP contribution >= 0.6 is 0 Å². The third-order valence-electron chi connectivity index (χ3n) is 6.14. The molecule has 7 heteroatoms. The summed E-state index contributed by atoms with van der Waals surface area (Å²) in [7, 11) is 0. The van der Waals surface area contributed by atoms with Crippen molar-refractivity contribution in [1.29, 1.82) is 0 Å². The van der Waals surface area contributed by atoms with Gasteiger partial charge in [0.05, 0.1) is 0 Å². The van der Waals surface area contributed by atoms with Crippen LogP contribution < -0.4 is 10.6 Å². The van der Waals surface area contributed by atoms with Gasteiger partial charge in [-0.3, -0.25) is 4.79 Å². The molecule has 3 atom stereocenters. The van der Waals surface area contributed by atoms with Gasteiger partial charge >= 0.3 is 12.1 Å². The molecule has 0 heterocycles. The maximum absolute atomic E-state index is 12.7. The minimum Gasteiger partial charge on any atom is -0.480 e. The van der Waals surface area contributed by atoms with Gasteiger partial charge in [-0.05, 0) is 34.6 Å². The second kappa shape index (κ2) is 10.3. The number of hydrogen-bond donors (Lipinski definition) is 3. The van der Waals surface area contributed by atoms with Crippen LogP contribution in [0.5, 0.6) is 0 Å². The van der Waals surface area contributed by atoms with Crippen molar-refractivity contribution in [2.24, 2.45) is 5.92 Å². The molecule has 1 aliphatic rings. The molecule has 0 aromatic heterocycles. The number of benzene rings is 2. The SMILES string of the molecule is CCC(NC(=O)C(NC(=O)OCC1c2ccccc2-c2ccccc21)C(C)CC)C(=O)O. The molecule has 0 radical (unpaired) electrons. The Hall–Kier alpha value is -3.35. The number of hydrogen-bond acceptors (Lipinski definition) is 4. The van der Waals surface area contributed by atoms with Crippen molar-refractivity contribution in [3.63, 3.8) is 0 Å². The number of aliphatic carboxylic acids is 1. The number of amides is 2. The highest BCUT2D eigenvalue weighted by atomic mass is 16.5. The van der Waals surface area contributed by atoms with Gasteiger partial charge in [-0.2, -0.15) is 0 Å². The number of carboxylic acid groups (broad SMARTS) is 1. The number of carboxylic acids is 1. The Labute approximate surface area is 188 Å². The van der Waals surface area contributed by atoms with Crippen molar-refractivity contribution in [3.8, 4) is 11.1 Å². The molecule has 3 N–H and O–H groups in total. The summed E-state index contributed by atoms with van der Waals surface area (Å²) < 4.78 is 5.55. The molecule has 32 heavy (non-hydrogen) atoms. The van der Waals surface area contributed by atoms with Crippen LogP contribution in [0, 0.1) is 5.92 Å². The zero-order chi connectivity index (χ0) is 23.3. The topological polar surface area (TPSA) is 105 Å². The van der Waals surface area contributed by atoms with E-state index >= 15 is 0 Å². The molecule has 7 nitrogen and oxygen atoms in total. The third kappa shape index (κ3) is 4.93. The minimum absolute atomic E-state index is 0.0829. The fourth-order valence-electron chi connectivity index (χ4n) is 4.07. The molecule has 0 fully saturated rings. The highest BCUT2D eigenvalue weighted by Crippen LogP contribution is 2.44. The highest BCUT2D eigenvalue weighted by molar-refractivity contribution is 5.89. The van der Waals surface area contributed by atoms with Gasteiger partial charge in [-0.1, -0.05) is 75.7 Å². The molecule has 170 valence electrons. The van der Waals surface area contributed by atoms with Gasteiger partial charge in [0.2, 0.25) is 5.91 Å². The van der Waals surface area contributed by atoms with Crippen molar-refractivity contribution in [2.45, 2.75) is 51.6 Å². The van der Waals surface area contributed by atoms with Crippen LogP contribution in [0.3, 0.4) is 0 Å². The number of ether oxygens (including phenoxy) is 1. The van der Waals surface area contributed by atoms with E-state index in [-0.39, 0.29) is 24.9 Å². The third-order valence-corrected chi connectivity index (χ3v) is 6.14. The zero-order valence-electron chi connectivity index (χ0n) is 18.6. The summed E-state index contributed by atoms with van der Waals surface area (Å²) in [5.41, 5.74) is 4.47. The van der Waals surface area contributed by atoms with Crippen molar-refractivity contribution >= 4 is 18.0 Å². The van der Waals surface area contributed by atoms with E-state index in [1.54, 1.807) is 6.92 Å². The van der Waals surface area contributed by atoms with Crippen LogP contribution in [0.25, 0.3) is 11.1 Å². The molecular weight excluding hydrogens is 408 g/mol. The normalized spacial score (nSPS) is 15.1. The van der Waals surface area contributed by atoms with Crippen LogP contribution in [0.15, 0.2) is 48.5 Å². The lowest BCUT2D eigenvalue weighted by atomic mass is 9.98. The van der Waals surface area contributed by atoms with Crippen LogP contribution in [0.2, 0.25) is 0 Å². The van der Waals surface area contributed by atoms with Crippen LogP contribution in [-0.2, 0) is 14.3 Å². The predicted octanol–water partition coefficient (Wildman–Crippen LogP) is 3.92. The molecule has 3 unspecified atom stereocenters. The summed E-state index contributed by atoms with van der Waals surface area (Å²) >= 11 is 0. The van der Waals surface area contributed by atoms with E-state index < -0.39 is 30.1 Å². The summed E-state index contributed by atoms with van der Waals surface area (Å²) in [5.74, 6) is -1.91. The van der Waals surface area contributed by atoms with Crippen LogP contribution in [0.4, 0.5) is 4.79 Å². The highest BCUT2D eigenvalue weighted by Gasteiger charge is 2.32. The van der Waals surface area contributed by atoms with E-state index in [0.29, 0.717) is 6.42 Å². The average Bonchev–Trinajstić information content (AvgIpc) is 3.12. The van der Waals surface area contributed by atoms with Gasteiger partial charge in [0.15, 0.2) is 0 Å². The number of fused-ring (bicyclic) bond motifs is 3. The maximum Gasteiger partial charge on any atom is 0.407 e. The Bertz CT molecular complexity index is 944. The van der Waals surface area contributed by atoms with Crippen LogP contribution in [-0.4, -0.2) is 41.8 Å². The van der Waals surface area contributed by atoms with Gasteiger partial charge in [-0.25, -0.2) is 9.59 Å². The van der Waals surface area contributed by atoms with E-state index in [4.69, 9.17) is 4.74 Å². The summed E-state index contributed by atoms with van der Waals surface area (Å²) in [6, 6.07) is 14.2. The van der Waals surface area contributed by atoms with E-state index in [2.05, 4.69) is 22.8 Å². The fraction of sp³-hybridized carbons (Fsp3) is 0.400. The van der Waals surface area contributed by atoms with Crippen molar-refractivity contribution in [1.82, 2.24) is 10.6 Å². The lowest BCUT2D eigenvalue weighted by molar-refractivity contribution is -0.142. The molecule has 3 rings (SSSR count). The average molecular weight is 439 g/mol. The first-order chi connectivity index (χ1) is 15.4. The van der Waals surface area contributed by atoms with Gasteiger partial charge in [0.25, 0.3) is 0 Å². The Morgan fingerprint density at radius 2 is 1.50 bits per heavy atom. The van der Waals surface area contributed by atoms with Crippen molar-refractivity contribution < 1.29 is 24.2 Å². The molecule has 2 aromatic carbocycles. The monoisotopic (exact) mass is 438 g/mol. The van der Waals surface area contributed by atoms with Crippen molar-refractivity contribution in [3.05, 3.63) is 59.7 Å². The van der Waals surface area contributed by atoms with E-state index in [9.17, 15) is 19.5 Å². The number of rotatable bonds is 9. The maximum atomic E-state index is 12.7. The molecule has 0 saturated heterocycles. The smallest absolute Gasteiger partial charge is 0.407 e. The zero-order valence-corrected chi connectivity index (χ0v) is 18.6. The molecular formula is C25H30N2O5. The number of carbonyl (C=O) groups is 3.